The zero-order valence-electron chi connectivity index (χ0n) is 11.5. The molecule has 1 fully saturated rings. The maximum atomic E-state index is 12.7. The second-order valence-electron chi connectivity index (χ2n) is 4.51. The Morgan fingerprint density at radius 3 is 2.65 bits per heavy atom. The molecule has 9 heteroatoms. The van der Waals surface area contributed by atoms with Crippen LogP contribution < -0.4 is 5.14 Å². The number of allylic oxidation sites excluding steroid dienone is 1. The zero-order chi connectivity index (χ0) is 15.3. The number of aliphatic imine (C=N–C) groups is 2. The number of sulfonamides is 1. The number of nitrogens with zero attached hydrogens (tertiary/aromatic N) is 3. The normalized spacial score (nSPS) is 25.7. The maximum Gasteiger partial charge on any atom is 0.224 e. The van der Waals surface area contributed by atoms with Crippen LogP contribution in [-0.2, 0) is 14.8 Å². The first kappa shape index (κ1) is 16.7. The second kappa shape index (κ2) is 6.91. The SMILES string of the molecule is C=NC(=N/C=C(\C)F)N1CC(S(N)(=O)=O)C[C@@H](OC)C1. The molecule has 0 aliphatic carbocycles. The van der Waals surface area contributed by atoms with Gasteiger partial charge in [0.15, 0.2) is 0 Å². The zero-order valence-corrected chi connectivity index (χ0v) is 12.3. The minimum atomic E-state index is -3.70. The highest BCUT2D eigenvalue weighted by atomic mass is 32.2. The highest BCUT2D eigenvalue weighted by Gasteiger charge is 2.34. The number of hydrogen-bond donors (Lipinski definition) is 1. The molecule has 1 heterocycles. The number of guanidine groups is 1. The molecule has 2 atom stereocenters. The minimum absolute atomic E-state index is 0.121. The van der Waals surface area contributed by atoms with Gasteiger partial charge < -0.3 is 9.64 Å². The van der Waals surface area contributed by atoms with Crippen LogP contribution in [0.25, 0.3) is 0 Å². The van der Waals surface area contributed by atoms with E-state index in [4.69, 9.17) is 9.88 Å². The molecule has 7 nitrogen and oxygen atoms in total. The van der Waals surface area contributed by atoms with E-state index >= 15 is 0 Å². The van der Waals surface area contributed by atoms with Crippen molar-refractivity contribution in [1.29, 1.82) is 0 Å². The van der Waals surface area contributed by atoms with Gasteiger partial charge in [-0.15, -0.1) is 0 Å². The smallest absolute Gasteiger partial charge is 0.224 e. The summed E-state index contributed by atoms with van der Waals surface area (Å²) >= 11 is 0. The van der Waals surface area contributed by atoms with E-state index in [9.17, 15) is 12.8 Å². The van der Waals surface area contributed by atoms with Crippen LogP contribution in [0.1, 0.15) is 13.3 Å². The van der Waals surface area contributed by atoms with Crippen molar-refractivity contribution in [3.05, 3.63) is 12.0 Å². The number of primary sulfonamides is 1. The Hall–Kier alpha value is -1.32. The first-order valence-corrected chi connectivity index (χ1v) is 7.55. The Morgan fingerprint density at radius 2 is 2.20 bits per heavy atom. The fourth-order valence-corrected chi connectivity index (χ4v) is 2.82. The first-order valence-electron chi connectivity index (χ1n) is 5.94. The van der Waals surface area contributed by atoms with Gasteiger partial charge in [-0.05, 0) is 20.1 Å². The lowest BCUT2D eigenvalue weighted by molar-refractivity contribution is 0.0546. The lowest BCUT2D eigenvalue weighted by Gasteiger charge is -2.36. The van der Waals surface area contributed by atoms with E-state index in [1.54, 1.807) is 4.90 Å². The molecule has 0 aromatic heterocycles. The summed E-state index contributed by atoms with van der Waals surface area (Å²) in [7, 11) is -2.22. The molecule has 0 saturated carbocycles. The largest absolute Gasteiger partial charge is 0.380 e. The van der Waals surface area contributed by atoms with E-state index in [0.29, 0.717) is 13.0 Å². The van der Waals surface area contributed by atoms with Gasteiger partial charge in [0.2, 0.25) is 16.0 Å². The predicted molar refractivity (Wildman–Crippen MR) is 75.7 cm³/mol. The highest BCUT2D eigenvalue weighted by Crippen LogP contribution is 2.18. The summed E-state index contributed by atoms with van der Waals surface area (Å²) in [6.07, 6.45) is 0.968. The Morgan fingerprint density at radius 1 is 1.55 bits per heavy atom. The Labute approximate surface area is 118 Å². The summed E-state index contributed by atoms with van der Waals surface area (Å²) < 4.78 is 40.9. The lowest BCUT2D eigenvalue weighted by atomic mass is 10.1. The molecule has 1 rings (SSSR count). The predicted octanol–water partition coefficient (Wildman–Crippen LogP) is 0.252. The van der Waals surface area contributed by atoms with Crippen molar-refractivity contribution in [2.75, 3.05) is 20.2 Å². The number of hydrogen-bond acceptors (Lipinski definition) is 4. The fraction of sp³-hybridized carbons (Fsp3) is 0.636. The van der Waals surface area contributed by atoms with Gasteiger partial charge in [-0.1, -0.05) is 0 Å². The van der Waals surface area contributed by atoms with E-state index in [1.807, 2.05) is 0 Å². The van der Waals surface area contributed by atoms with E-state index < -0.39 is 21.1 Å². The molecule has 0 spiro atoms. The molecule has 1 aliphatic heterocycles. The van der Waals surface area contributed by atoms with Crippen molar-refractivity contribution in [3.8, 4) is 0 Å². The molecule has 0 bridgehead atoms. The minimum Gasteiger partial charge on any atom is -0.380 e. The van der Waals surface area contributed by atoms with Crippen molar-refractivity contribution < 1.29 is 17.5 Å². The van der Waals surface area contributed by atoms with E-state index in [0.717, 1.165) is 6.20 Å². The van der Waals surface area contributed by atoms with Crippen LogP contribution in [0, 0.1) is 0 Å². The van der Waals surface area contributed by atoms with Gasteiger partial charge >= 0.3 is 0 Å². The molecule has 0 amide bonds. The topological polar surface area (TPSA) is 97.4 Å². The number of likely N-dealkylation sites (tertiary alicyclic amines) is 1. The molecule has 1 saturated heterocycles. The average Bonchev–Trinajstić information content (AvgIpc) is 2.37. The summed E-state index contributed by atoms with van der Waals surface area (Å²) in [5.41, 5.74) is 0. The third-order valence-corrected chi connectivity index (χ3v) is 4.22. The molecule has 2 N–H and O–H groups in total. The number of methoxy groups -OCH3 is 1. The molecular weight excluding hydrogens is 287 g/mol. The molecule has 0 aromatic rings. The lowest BCUT2D eigenvalue weighted by Crippen LogP contribution is -2.52. The standard InChI is InChI=1S/C11H19FN4O3S/c1-8(12)5-15-11(14-2)16-6-9(19-3)4-10(7-16)20(13,17)18/h5,9-10H,2,4,6-7H2,1,3H3,(H2,13,17,18)/b8-5+,15-11?/t9-,10?/m1/s1. The van der Waals surface area contributed by atoms with Gasteiger partial charge in [-0.2, -0.15) is 0 Å². The van der Waals surface area contributed by atoms with E-state index in [2.05, 4.69) is 16.7 Å². The molecule has 114 valence electrons. The van der Waals surface area contributed by atoms with Crippen molar-refractivity contribution >= 4 is 22.7 Å². The van der Waals surface area contributed by atoms with Crippen LogP contribution >= 0.6 is 0 Å². The summed E-state index contributed by atoms with van der Waals surface area (Å²) in [5.74, 6) is -0.355. The van der Waals surface area contributed by atoms with Crippen LogP contribution in [0.3, 0.4) is 0 Å². The van der Waals surface area contributed by atoms with Gasteiger partial charge in [0, 0.05) is 20.2 Å². The quantitative estimate of drug-likeness (QED) is 0.597. The number of ether oxygens (including phenoxy) is 1. The van der Waals surface area contributed by atoms with Gasteiger partial charge in [-0.3, -0.25) is 0 Å². The maximum absolute atomic E-state index is 12.7. The van der Waals surface area contributed by atoms with Crippen molar-refractivity contribution in [2.45, 2.75) is 24.7 Å². The molecule has 1 aliphatic rings. The Bertz CT molecular complexity index is 514. The number of halogens is 1. The summed E-state index contributed by atoms with van der Waals surface area (Å²) in [4.78, 5) is 9.10. The fourth-order valence-electron chi connectivity index (χ4n) is 1.95. The summed E-state index contributed by atoms with van der Waals surface area (Å²) in [5, 5.41) is 4.40. The first-order chi connectivity index (χ1) is 9.27. The third-order valence-electron chi connectivity index (χ3n) is 2.95. The van der Waals surface area contributed by atoms with Crippen molar-refractivity contribution in [3.63, 3.8) is 0 Å². The number of nitrogens with two attached hydrogens (primary N) is 1. The van der Waals surface area contributed by atoms with Crippen molar-refractivity contribution in [1.82, 2.24) is 4.90 Å². The molecule has 20 heavy (non-hydrogen) atoms. The van der Waals surface area contributed by atoms with E-state index in [1.165, 1.54) is 14.0 Å². The highest BCUT2D eigenvalue weighted by molar-refractivity contribution is 7.89. The van der Waals surface area contributed by atoms with E-state index in [-0.39, 0.29) is 18.6 Å². The number of piperidine rings is 1. The number of rotatable bonds is 3. The second-order valence-corrected chi connectivity index (χ2v) is 6.36. The third kappa shape index (κ3) is 4.66. The molecule has 0 aromatic carbocycles. The van der Waals surface area contributed by atoms with Gasteiger partial charge in [0.1, 0.15) is 5.83 Å². The van der Waals surface area contributed by atoms with Crippen LogP contribution in [0.15, 0.2) is 22.0 Å². The summed E-state index contributed by atoms with van der Waals surface area (Å²) in [6.45, 7) is 5.11. The Kier molecular flexibility index (Phi) is 5.78. The van der Waals surface area contributed by atoms with Crippen LogP contribution in [0.4, 0.5) is 4.39 Å². The Balaban J connectivity index is 3.00. The van der Waals surface area contributed by atoms with Crippen LogP contribution in [0.2, 0.25) is 0 Å². The van der Waals surface area contributed by atoms with Crippen molar-refractivity contribution in [2.24, 2.45) is 15.1 Å². The average molecular weight is 306 g/mol. The van der Waals surface area contributed by atoms with Crippen LogP contribution in [-0.4, -0.2) is 57.5 Å². The van der Waals surface area contributed by atoms with Gasteiger partial charge in [-0.25, -0.2) is 27.9 Å². The molecule has 1 unspecified atom stereocenters. The van der Waals surface area contributed by atoms with Crippen LogP contribution in [0.5, 0.6) is 0 Å². The van der Waals surface area contributed by atoms with Gasteiger partial charge in [0.25, 0.3) is 0 Å². The summed E-state index contributed by atoms with van der Waals surface area (Å²) in [6, 6.07) is 0. The monoisotopic (exact) mass is 306 g/mol. The molecule has 0 radical (unpaired) electrons. The molecular formula is C11H19FN4O3S. The van der Waals surface area contributed by atoms with Gasteiger partial charge in [0.05, 0.1) is 17.6 Å².